The summed E-state index contributed by atoms with van der Waals surface area (Å²) in [6.45, 7) is 6.79. The van der Waals surface area contributed by atoms with E-state index < -0.39 is 0 Å². The van der Waals surface area contributed by atoms with Gasteiger partial charge in [0.2, 0.25) is 5.95 Å². The minimum Gasteiger partial charge on any atom is -0.341 e. The number of nitrogens with zero attached hydrogens (tertiary/aromatic N) is 3. The van der Waals surface area contributed by atoms with Crippen molar-refractivity contribution >= 4 is 5.95 Å². The summed E-state index contributed by atoms with van der Waals surface area (Å²) in [7, 11) is 0. The Labute approximate surface area is 145 Å². The number of anilines is 1. The van der Waals surface area contributed by atoms with Gasteiger partial charge >= 0.3 is 0 Å². The monoisotopic (exact) mass is 329 g/mol. The Morgan fingerprint density at radius 2 is 1.71 bits per heavy atom. The lowest BCUT2D eigenvalue weighted by Gasteiger charge is -2.61. The fraction of sp³-hybridized carbons (Fsp3) is 0.789. The molecule has 1 saturated heterocycles. The summed E-state index contributed by atoms with van der Waals surface area (Å²) in [5.74, 6) is 2.48. The Bertz CT molecular complexity index is 574. The quantitative estimate of drug-likeness (QED) is 0.890. The molecule has 0 atom stereocenters. The molecule has 0 bridgehead atoms. The summed E-state index contributed by atoms with van der Waals surface area (Å²) >= 11 is 0. The Kier molecular flexibility index (Phi) is 3.84. The van der Waals surface area contributed by atoms with E-state index in [2.05, 4.69) is 28.7 Å². The molecule has 2 aliphatic carbocycles. The Hall–Kier alpha value is -1.20. The van der Waals surface area contributed by atoms with Crippen LogP contribution in [0, 0.1) is 17.3 Å². The van der Waals surface area contributed by atoms with E-state index in [1.807, 2.05) is 12.4 Å². The van der Waals surface area contributed by atoms with E-state index >= 15 is 0 Å². The number of piperidine rings is 1. The zero-order valence-electron chi connectivity index (χ0n) is 15.0. The number of aromatic nitrogens is 2. The van der Waals surface area contributed by atoms with Crippen molar-refractivity contribution in [2.75, 3.05) is 18.0 Å². The first-order valence-corrected chi connectivity index (χ1v) is 9.51. The maximum Gasteiger partial charge on any atom is 0.225 e. The summed E-state index contributed by atoms with van der Waals surface area (Å²) in [6.07, 6.45) is 10.8. The molecule has 1 spiro atoms. The first kappa shape index (κ1) is 16.3. The van der Waals surface area contributed by atoms with Crippen molar-refractivity contribution in [1.82, 2.24) is 9.97 Å². The van der Waals surface area contributed by atoms with E-state index in [1.165, 1.54) is 12.8 Å². The Morgan fingerprint density at radius 3 is 2.21 bits per heavy atom. The molecule has 0 radical (unpaired) electrons. The van der Waals surface area contributed by atoms with Crippen molar-refractivity contribution in [1.29, 1.82) is 0 Å². The van der Waals surface area contributed by atoms with Gasteiger partial charge in [-0.05, 0) is 55.8 Å². The van der Waals surface area contributed by atoms with Crippen LogP contribution in [0.2, 0.25) is 0 Å². The van der Waals surface area contributed by atoms with Crippen LogP contribution in [0.1, 0.15) is 57.9 Å². The van der Waals surface area contributed by atoms with E-state index in [4.69, 9.17) is 11.5 Å². The van der Waals surface area contributed by atoms with Gasteiger partial charge in [-0.1, -0.05) is 13.8 Å². The van der Waals surface area contributed by atoms with Crippen LogP contribution in [0.3, 0.4) is 0 Å². The van der Waals surface area contributed by atoms with Crippen LogP contribution in [-0.2, 0) is 5.54 Å². The van der Waals surface area contributed by atoms with Crippen LogP contribution in [0.5, 0.6) is 0 Å². The molecule has 0 aromatic carbocycles. The van der Waals surface area contributed by atoms with Gasteiger partial charge < -0.3 is 16.4 Å². The molecular weight excluding hydrogens is 298 g/mol. The summed E-state index contributed by atoms with van der Waals surface area (Å²) in [6, 6.07) is 0.391. The normalized spacial score (nSPS) is 36.7. The van der Waals surface area contributed by atoms with Gasteiger partial charge in [0, 0.05) is 42.6 Å². The molecule has 0 amide bonds. The Balaban J connectivity index is 1.37. The molecule has 24 heavy (non-hydrogen) atoms. The lowest BCUT2D eigenvalue weighted by molar-refractivity contribution is -0.0592. The van der Waals surface area contributed by atoms with Crippen molar-refractivity contribution in [2.24, 2.45) is 28.7 Å². The van der Waals surface area contributed by atoms with Crippen molar-refractivity contribution in [3.8, 4) is 0 Å². The number of hydrogen-bond donors (Lipinski definition) is 2. The van der Waals surface area contributed by atoms with Crippen molar-refractivity contribution < 1.29 is 0 Å². The smallest absolute Gasteiger partial charge is 0.225 e. The highest BCUT2D eigenvalue weighted by Crippen LogP contribution is 2.62. The van der Waals surface area contributed by atoms with Gasteiger partial charge in [-0.15, -0.1) is 0 Å². The molecule has 5 heteroatoms. The third-order valence-corrected chi connectivity index (χ3v) is 6.75. The van der Waals surface area contributed by atoms with Crippen LogP contribution in [0.4, 0.5) is 5.95 Å². The van der Waals surface area contributed by atoms with Crippen molar-refractivity contribution in [3.63, 3.8) is 0 Å². The second-order valence-corrected chi connectivity index (χ2v) is 9.02. The molecule has 1 aromatic heterocycles. The molecule has 3 aliphatic rings. The van der Waals surface area contributed by atoms with E-state index in [-0.39, 0.29) is 5.54 Å². The minimum absolute atomic E-state index is 0.233. The Morgan fingerprint density at radius 1 is 1.12 bits per heavy atom. The minimum atomic E-state index is -0.233. The predicted octanol–water partition coefficient (Wildman–Crippen LogP) is 2.40. The second kappa shape index (κ2) is 5.67. The maximum absolute atomic E-state index is 6.60. The molecule has 2 heterocycles. The predicted molar refractivity (Wildman–Crippen MR) is 96.5 cm³/mol. The first-order valence-electron chi connectivity index (χ1n) is 9.51. The average molecular weight is 329 g/mol. The van der Waals surface area contributed by atoms with Gasteiger partial charge in [-0.2, -0.15) is 0 Å². The molecule has 1 aromatic rings. The summed E-state index contributed by atoms with van der Waals surface area (Å²) < 4.78 is 0. The van der Waals surface area contributed by atoms with Crippen LogP contribution >= 0.6 is 0 Å². The maximum atomic E-state index is 6.60. The molecule has 1 aliphatic heterocycles. The van der Waals surface area contributed by atoms with Crippen LogP contribution < -0.4 is 16.4 Å². The molecule has 4 N–H and O–H groups in total. The van der Waals surface area contributed by atoms with E-state index in [9.17, 15) is 0 Å². The fourth-order valence-corrected chi connectivity index (χ4v) is 5.34. The zero-order valence-corrected chi connectivity index (χ0v) is 15.0. The van der Waals surface area contributed by atoms with Crippen LogP contribution in [0.15, 0.2) is 12.4 Å². The number of hydrogen-bond acceptors (Lipinski definition) is 5. The molecular formula is C19H31N5. The molecule has 0 unspecified atom stereocenters. The van der Waals surface area contributed by atoms with Crippen LogP contribution in [-0.4, -0.2) is 29.1 Å². The fourth-order valence-electron chi connectivity index (χ4n) is 5.34. The van der Waals surface area contributed by atoms with Gasteiger partial charge in [0.25, 0.3) is 0 Å². The largest absolute Gasteiger partial charge is 0.341 e. The number of nitrogens with two attached hydrogens (primary N) is 2. The molecule has 3 fully saturated rings. The topological polar surface area (TPSA) is 81.1 Å². The third-order valence-electron chi connectivity index (χ3n) is 6.75. The van der Waals surface area contributed by atoms with E-state index in [1.54, 1.807) is 0 Å². The third kappa shape index (κ3) is 2.72. The van der Waals surface area contributed by atoms with Crippen molar-refractivity contribution in [2.45, 2.75) is 64.0 Å². The molecule has 4 rings (SSSR count). The highest BCUT2D eigenvalue weighted by molar-refractivity contribution is 5.34. The van der Waals surface area contributed by atoms with Gasteiger partial charge in [-0.25, -0.2) is 9.97 Å². The number of rotatable bonds is 3. The SMILES string of the molecule is CC(C)C1CCN(c2ncc(C3(N)CC4(CC(N)C4)C3)cn2)CC1. The zero-order chi connectivity index (χ0) is 16.9. The summed E-state index contributed by atoms with van der Waals surface area (Å²) in [4.78, 5) is 11.6. The summed E-state index contributed by atoms with van der Waals surface area (Å²) in [5.41, 5.74) is 13.8. The van der Waals surface area contributed by atoms with Crippen molar-refractivity contribution in [3.05, 3.63) is 18.0 Å². The average Bonchev–Trinajstić information content (AvgIpc) is 2.52. The molecule has 2 saturated carbocycles. The van der Waals surface area contributed by atoms with Crippen LogP contribution in [0.25, 0.3) is 0 Å². The van der Waals surface area contributed by atoms with Gasteiger partial charge in [-0.3, -0.25) is 0 Å². The molecule has 5 nitrogen and oxygen atoms in total. The lowest BCUT2D eigenvalue weighted by atomic mass is 9.46. The summed E-state index contributed by atoms with van der Waals surface area (Å²) in [5, 5.41) is 0. The second-order valence-electron chi connectivity index (χ2n) is 9.02. The van der Waals surface area contributed by atoms with Gasteiger partial charge in [0.1, 0.15) is 0 Å². The highest BCUT2D eigenvalue weighted by atomic mass is 15.2. The first-order chi connectivity index (χ1) is 11.4. The molecule has 132 valence electrons. The van der Waals surface area contributed by atoms with E-state index in [0.717, 1.165) is 62.1 Å². The van der Waals surface area contributed by atoms with Gasteiger partial charge in [0.15, 0.2) is 0 Å². The van der Waals surface area contributed by atoms with Gasteiger partial charge in [0.05, 0.1) is 0 Å². The standard InChI is InChI=1S/C19H31N5/c1-13(2)14-3-5-24(6-4-14)17-22-9-15(10-23-17)19(21)11-18(12-19)7-16(20)8-18/h9-10,13-14,16H,3-8,11-12,20-21H2,1-2H3. The lowest BCUT2D eigenvalue weighted by Crippen LogP contribution is -2.63. The highest BCUT2D eigenvalue weighted by Gasteiger charge is 2.58. The van der Waals surface area contributed by atoms with E-state index in [0.29, 0.717) is 11.5 Å².